The maximum atomic E-state index is 14.8. The van der Waals surface area contributed by atoms with Crippen molar-refractivity contribution in [2.24, 2.45) is 0 Å². The van der Waals surface area contributed by atoms with Crippen molar-refractivity contribution in [3.63, 3.8) is 0 Å². The number of rotatable bonds is 5. The van der Waals surface area contributed by atoms with Gasteiger partial charge in [0, 0.05) is 49.7 Å². The summed E-state index contributed by atoms with van der Waals surface area (Å²) in [6.45, 7) is 3.39. The summed E-state index contributed by atoms with van der Waals surface area (Å²) in [7, 11) is 0. The molecular formula is C25H19F8N7O. The van der Waals surface area contributed by atoms with Crippen LogP contribution in [0, 0.1) is 11.6 Å². The van der Waals surface area contributed by atoms with Crippen LogP contribution in [0.1, 0.15) is 27.3 Å². The van der Waals surface area contributed by atoms with Gasteiger partial charge in [0.15, 0.2) is 11.4 Å². The van der Waals surface area contributed by atoms with Gasteiger partial charge in [0.25, 0.3) is 5.91 Å². The Morgan fingerprint density at radius 1 is 0.951 bits per heavy atom. The Hall–Kier alpha value is -4.18. The van der Waals surface area contributed by atoms with Gasteiger partial charge in [-0.2, -0.15) is 26.3 Å². The fourth-order valence-electron chi connectivity index (χ4n) is 4.45. The molecule has 0 unspecified atom stereocenters. The summed E-state index contributed by atoms with van der Waals surface area (Å²) in [5, 5.41) is 12.1. The minimum Gasteiger partial charge on any atom is -0.314 e. The lowest BCUT2D eigenvalue weighted by atomic mass is 10.1. The van der Waals surface area contributed by atoms with Gasteiger partial charge in [-0.3, -0.25) is 9.69 Å². The van der Waals surface area contributed by atoms with Gasteiger partial charge < -0.3 is 10.6 Å². The lowest BCUT2D eigenvalue weighted by molar-refractivity contribution is -0.145. The molecule has 1 aliphatic rings. The number of hydrogen-bond donors (Lipinski definition) is 2. The number of alkyl halides is 6. The van der Waals surface area contributed by atoms with Gasteiger partial charge >= 0.3 is 12.4 Å². The van der Waals surface area contributed by atoms with E-state index in [-0.39, 0.29) is 22.1 Å². The molecule has 2 aromatic heterocycles. The summed E-state index contributed by atoms with van der Waals surface area (Å²) in [6.07, 6.45) is -10.6. The number of halogens is 8. The Balaban J connectivity index is 1.45. The molecule has 1 amide bonds. The standard InChI is InChI=1S/C25H19F8N7O/c26-15-2-3-19(16(10-15)24(28,29)30)40-22(25(31,32)33)21(37-38-40)23(41)36-20-4-1-13-9-14(17(27)11-18(13)35-20)12-39-7-5-34-6-8-39/h1-4,9-11,34H,5-8,12H2,(H,35,36,41). The SMILES string of the molecule is O=C(Nc1ccc2cc(CN3CCNCC3)c(F)cc2n1)c1nnn(-c2ccc(F)cc2C(F)(F)F)c1C(F)(F)F. The van der Waals surface area contributed by atoms with Crippen molar-refractivity contribution in [3.8, 4) is 5.69 Å². The molecule has 8 nitrogen and oxygen atoms in total. The number of hydrogen-bond acceptors (Lipinski definition) is 6. The molecule has 41 heavy (non-hydrogen) atoms. The minimum atomic E-state index is -5.39. The summed E-state index contributed by atoms with van der Waals surface area (Å²) >= 11 is 0. The molecule has 0 saturated carbocycles. The van der Waals surface area contributed by atoms with Crippen LogP contribution in [0.2, 0.25) is 0 Å². The first-order valence-electron chi connectivity index (χ1n) is 12.0. The summed E-state index contributed by atoms with van der Waals surface area (Å²) in [5.41, 5.74) is -5.69. The van der Waals surface area contributed by atoms with Crippen LogP contribution in [0.5, 0.6) is 0 Å². The molecular weight excluding hydrogens is 566 g/mol. The van der Waals surface area contributed by atoms with Gasteiger partial charge in [-0.05, 0) is 36.4 Å². The number of benzene rings is 2. The Morgan fingerprint density at radius 3 is 2.37 bits per heavy atom. The number of nitrogens with zero attached hydrogens (tertiary/aromatic N) is 5. The third-order valence-corrected chi connectivity index (χ3v) is 6.35. The smallest absolute Gasteiger partial charge is 0.314 e. The highest BCUT2D eigenvalue weighted by atomic mass is 19.4. The summed E-state index contributed by atoms with van der Waals surface area (Å²) in [6, 6.07) is 6.43. The van der Waals surface area contributed by atoms with Crippen molar-refractivity contribution in [3.05, 3.63) is 76.6 Å². The van der Waals surface area contributed by atoms with Crippen molar-refractivity contribution in [2.45, 2.75) is 18.9 Å². The summed E-state index contributed by atoms with van der Waals surface area (Å²) < 4.78 is 110. The molecule has 0 bridgehead atoms. The van der Waals surface area contributed by atoms with Crippen LogP contribution in [-0.2, 0) is 18.9 Å². The predicted molar refractivity (Wildman–Crippen MR) is 129 cm³/mol. The normalized spacial score (nSPS) is 14.9. The predicted octanol–water partition coefficient (Wildman–Crippen LogP) is 4.79. The van der Waals surface area contributed by atoms with E-state index < -0.39 is 52.5 Å². The van der Waals surface area contributed by atoms with Crippen LogP contribution in [0.25, 0.3) is 16.6 Å². The third-order valence-electron chi connectivity index (χ3n) is 6.35. The van der Waals surface area contributed by atoms with Gasteiger partial charge in [0.1, 0.15) is 17.5 Å². The molecule has 2 aromatic carbocycles. The first-order valence-corrected chi connectivity index (χ1v) is 12.0. The number of amides is 1. The van der Waals surface area contributed by atoms with Crippen molar-refractivity contribution in [1.82, 2.24) is 30.2 Å². The van der Waals surface area contributed by atoms with Gasteiger partial charge in [0.05, 0.1) is 16.8 Å². The second-order valence-corrected chi connectivity index (χ2v) is 9.17. The monoisotopic (exact) mass is 585 g/mol. The van der Waals surface area contributed by atoms with Gasteiger partial charge in [-0.25, -0.2) is 18.4 Å². The summed E-state index contributed by atoms with van der Waals surface area (Å²) in [5.74, 6) is -3.66. The van der Waals surface area contributed by atoms with Gasteiger partial charge in [-0.15, -0.1) is 5.10 Å². The van der Waals surface area contributed by atoms with E-state index in [1.165, 1.54) is 12.1 Å². The zero-order chi connectivity index (χ0) is 29.5. The fourth-order valence-corrected chi connectivity index (χ4v) is 4.45. The van der Waals surface area contributed by atoms with Crippen molar-refractivity contribution < 1.29 is 39.9 Å². The van der Waals surface area contributed by atoms with E-state index in [0.29, 0.717) is 29.6 Å². The fraction of sp³-hybridized carbons (Fsp3) is 0.280. The maximum Gasteiger partial charge on any atom is 0.435 e. The van der Waals surface area contributed by atoms with E-state index in [0.717, 1.165) is 32.2 Å². The Bertz CT molecular complexity index is 1610. The number of aromatic nitrogens is 4. The van der Waals surface area contributed by atoms with Crippen LogP contribution in [0.4, 0.5) is 40.9 Å². The second kappa shape index (κ2) is 10.7. The molecule has 1 aliphatic heterocycles. The number of fused-ring (bicyclic) bond motifs is 1. The van der Waals surface area contributed by atoms with E-state index in [9.17, 15) is 39.9 Å². The largest absolute Gasteiger partial charge is 0.435 e. The molecule has 16 heteroatoms. The van der Waals surface area contributed by atoms with Crippen LogP contribution in [0.3, 0.4) is 0 Å². The van der Waals surface area contributed by atoms with Crippen LogP contribution >= 0.6 is 0 Å². The number of piperazine rings is 1. The zero-order valence-electron chi connectivity index (χ0n) is 20.7. The lowest BCUT2D eigenvalue weighted by Gasteiger charge is -2.27. The highest BCUT2D eigenvalue weighted by Crippen LogP contribution is 2.38. The van der Waals surface area contributed by atoms with E-state index in [2.05, 4.69) is 30.8 Å². The number of carbonyl (C=O) groups excluding carboxylic acids is 1. The molecule has 2 N–H and O–H groups in total. The lowest BCUT2D eigenvalue weighted by Crippen LogP contribution is -2.43. The number of anilines is 1. The molecule has 216 valence electrons. The molecule has 4 aromatic rings. The van der Waals surface area contributed by atoms with E-state index >= 15 is 0 Å². The van der Waals surface area contributed by atoms with Crippen LogP contribution < -0.4 is 10.6 Å². The highest BCUT2D eigenvalue weighted by molar-refractivity contribution is 6.03. The van der Waals surface area contributed by atoms with Crippen molar-refractivity contribution in [2.75, 3.05) is 31.5 Å². The van der Waals surface area contributed by atoms with E-state index in [1.807, 2.05) is 0 Å². The Morgan fingerprint density at radius 2 is 1.68 bits per heavy atom. The Kier molecular flexibility index (Phi) is 7.37. The molecule has 0 aliphatic carbocycles. The van der Waals surface area contributed by atoms with Gasteiger partial charge in [0.2, 0.25) is 0 Å². The average Bonchev–Trinajstić information content (AvgIpc) is 3.35. The summed E-state index contributed by atoms with van der Waals surface area (Å²) in [4.78, 5) is 19.0. The molecule has 1 fully saturated rings. The zero-order valence-corrected chi connectivity index (χ0v) is 20.7. The molecule has 0 radical (unpaired) electrons. The second-order valence-electron chi connectivity index (χ2n) is 9.17. The van der Waals surface area contributed by atoms with Crippen molar-refractivity contribution >= 4 is 22.6 Å². The third kappa shape index (κ3) is 5.97. The molecule has 0 atom stereocenters. The maximum absolute atomic E-state index is 14.8. The minimum absolute atomic E-state index is 0.00417. The molecule has 0 spiro atoms. The quantitative estimate of drug-likeness (QED) is 0.328. The Labute approximate surface area is 226 Å². The molecule has 1 saturated heterocycles. The van der Waals surface area contributed by atoms with E-state index in [1.54, 1.807) is 6.07 Å². The van der Waals surface area contributed by atoms with E-state index in [4.69, 9.17) is 0 Å². The molecule has 3 heterocycles. The average molecular weight is 585 g/mol. The van der Waals surface area contributed by atoms with Crippen molar-refractivity contribution in [1.29, 1.82) is 0 Å². The number of pyridine rings is 1. The first-order chi connectivity index (χ1) is 19.3. The number of carbonyl (C=O) groups is 1. The van der Waals surface area contributed by atoms with Crippen LogP contribution in [0.15, 0.2) is 42.5 Å². The van der Waals surface area contributed by atoms with Crippen LogP contribution in [-0.4, -0.2) is 57.0 Å². The van der Waals surface area contributed by atoms with Gasteiger partial charge in [-0.1, -0.05) is 5.21 Å². The highest BCUT2D eigenvalue weighted by Gasteiger charge is 2.44. The molecule has 5 rings (SSSR count). The topological polar surface area (TPSA) is 88.0 Å². The number of nitrogens with one attached hydrogen (secondary N) is 2. The first kappa shape index (κ1) is 28.4.